The number of nitrogens with two attached hydrogens (primary N) is 1. The second kappa shape index (κ2) is 9.13. The van der Waals surface area contributed by atoms with E-state index in [2.05, 4.69) is 15.3 Å². The smallest absolute Gasteiger partial charge is 0.275 e. The lowest BCUT2D eigenvalue weighted by Crippen LogP contribution is -2.41. The summed E-state index contributed by atoms with van der Waals surface area (Å²) in [6.45, 7) is 1.40. The minimum absolute atomic E-state index is 0.153. The van der Waals surface area contributed by atoms with E-state index in [1.54, 1.807) is 24.8 Å². The van der Waals surface area contributed by atoms with Gasteiger partial charge in [0.1, 0.15) is 22.3 Å². The number of anilines is 2. The summed E-state index contributed by atoms with van der Waals surface area (Å²) in [5, 5.41) is 5.32. The van der Waals surface area contributed by atoms with E-state index >= 15 is 0 Å². The zero-order valence-corrected chi connectivity index (χ0v) is 17.9. The molecular weight excluding hydrogens is 414 g/mol. The average molecular weight is 438 g/mol. The third kappa shape index (κ3) is 4.83. The highest BCUT2D eigenvalue weighted by Crippen LogP contribution is 2.26. The maximum absolute atomic E-state index is 12.6. The molecule has 1 aliphatic rings. The molecule has 1 unspecified atom stereocenters. The van der Waals surface area contributed by atoms with Crippen LogP contribution in [-0.4, -0.2) is 42.0 Å². The first-order valence-corrected chi connectivity index (χ1v) is 10.8. The van der Waals surface area contributed by atoms with Crippen LogP contribution in [0.2, 0.25) is 0 Å². The van der Waals surface area contributed by atoms with Gasteiger partial charge in [0.05, 0.1) is 24.9 Å². The lowest BCUT2D eigenvalue weighted by Gasteiger charge is -2.32. The van der Waals surface area contributed by atoms with Crippen molar-refractivity contribution in [3.05, 3.63) is 53.7 Å². The van der Waals surface area contributed by atoms with E-state index < -0.39 is 0 Å². The monoisotopic (exact) mass is 437 g/mol. The molecule has 0 spiro atoms. The zero-order valence-electron chi connectivity index (χ0n) is 17.1. The van der Waals surface area contributed by atoms with E-state index in [9.17, 15) is 9.59 Å². The first kappa shape index (κ1) is 20.8. The summed E-state index contributed by atoms with van der Waals surface area (Å²) in [7, 11) is 1.62. The van der Waals surface area contributed by atoms with Gasteiger partial charge >= 0.3 is 0 Å². The van der Waals surface area contributed by atoms with Crippen LogP contribution in [0.1, 0.15) is 23.3 Å². The largest absolute Gasteiger partial charge is 0.497 e. The van der Waals surface area contributed by atoms with Gasteiger partial charge in [0.25, 0.3) is 5.91 Å². The molecule has 8 nitrogen and oxygen atoms in total. The summed E-state index contributed by atoms with van der Waals surface area (Å²) in [5.74, 6) is 0.811. The van der Waals surface area contributed by atoms with Crippen molar-refractivity contribution in [2.24, 2.45) is 11.7 Å². The normalized spacial score (nSPS) is 16.0. The minimum atomic E-state index is -0.294. The number of hydrogen-bond acceptors (Lipinski definition) is 7. The van der Waals surface area contributed by atoms with E-state index in [0.29, 0.717) is 17.9 Å². The van der Waals surface area contributed by atoms with Gasteiger partial charge in [-0.05, 0) is 49.2 Å². The SMILES string of the molecule is COc1ccc(-c2nc(C(=O)Nc3ccc(N4CCCC(C(N)=O)C4)nc3)cs2)cc1. The molecule has 1 atom stereocenters. The van der Waals surface area contributed by atoms with Crippen LogP contribution >= 0.6 is 11.3 Å². The van der Waals surface area contributed by atoms with Gasteiger partial charge in [-0.15, -0.1) is 11.3 Å². The topological polar surface area (TPSA) is 110 Å². The predicted molar refractivity (Wildman–Crippen MR) is 120 cm³/mol. The fourth-order valence-corrected chi connectivity index (χ4v) is 4.31. The highest BCUT2D eigenvalue weighted by atomic mass is 32.1. The maximum atomic E-state index is 12.6. The number of methoxy groups -OCH3 is 1. The van der Waals surface area contributed by atoms with Crippen LogP contribution in [0.4, 0.5) is 11.5 Å². The molecule has 3 aromatic rings. The van der Waals surface area contributed by atoms with Gasteiger partial charge in [0.15, 0.2) is 0 Å². The number of ether oxygens (including phenoxy) is 1. The molecule has 4 rings (SSSR count). The molecule has 1 fully saturated rings. The Hall–Kier alpha value is -3.46. The summed E-state index contributed by atoms with van der Waals surface area (Å²) in [6.07, 6.45) is 3.32. The van der Waals surface area contributed by atoms with Crippen molar-refractivity contribution in [3.63, 3.8) is 0 Å². The Labute approximate surface area is 184 Å². The molecule has 3 heterocycles. The Morgan fingerprint density at radius 1 is 1.23 bits per heavy atom. The van der Waals surface area contributed by atoms with Crippen LogP contribution in [0.25, 0.3) is 10.6 Å². The molecule has 0 radical (unpaired) electrons. The molecular formula is C22H23N5O3S. The summed E-state index contributed by atoms with van der Waals surface area (Å²) < 4.78 is 5.17. The van der Waals surface area contributed by atoms with Crippen LogP contribution in [0, 0.1) is 5.92 Å². The third-order valence-electron chi connectivity index (χ3n) is 5.23. The van der Waals surface area contributed by atoms with Crippen molar-refractivity contribution in [2.75, 3.05) is 30.4 Å². The first-order chi connectivity index (χ1) is 15.0. The summed E-state index contributed by atoms with van der Waals surface area (Å²) in [5.41, 5.74) is 7.30. The highest BCUT2D eigenvalue weighted by Gasteiger charge is 2.24. The molecule has 9 heteroatoms. The van der Waals surface area contributed by atoms with E-state index in [0.717, 1.165) is 41.5 Å². The quantitative estimate of drug-likeness (QED) is 0.613. The third-order valence-corrected chi connectivity index (χ3v) is 6.12. The Morgan fingerprint density at radius 2 is 2.03 bits per heavy atom. The molecule has 3 N–H and O–H groups in total. The standard InChI is InChI=1S/C22H23N5O3S/c1-30-17-7-4-14(5-8-17)22-26-18(13-31-22)21(29)25-16-6-9-19(24-11-16)27-10-2-3-15(12-27)20(23)28/h4-9,11,13,15H,2-3,10,12H2,1H3,(H2,23,28)(H,25,29). The number of aromatic nitrogens is 2. The van der Waals surface area contributed by atoms with Gasteiger partial charge in [-0.2, -0.15) is 0 Å². The van der Waals surface area contributed by atoms with Crippen molar-refractivity contribution in [2.45, 2.75) is 12.8 Å². The van der Waals surface area contributed by atoms with E-state index in [-0.39, 0.29) is 17.7 Å². The lowest BCUT2D eigenvalue weighted by atomic mass is 9.97. The number of hydrogen-bond donors (Lipinski definition) is 2. The molecule has 31 heavy (non-hydrogen) atoms. The molecule has 160 valence electrons. The molecule has 2 amide bonds. The van der Waals surface area contributed by atoms with E-state index in [1.165, 1.54) is 11.3 Å². The maximum Gasteiger partial charge on any atom is 0.275 e. The van der Waals surface area contributed by atoms with Gasteiger partial charge in [0, 0.05) is 24.0 Å². The fourth-order valence-electron chi connectivity index (χ4n) is 3.50. The number of nitrogens with zero attached hydrogens (tertiary/aromatic N) is 3. The number of carbonyl (C=O) groups excluding carboxylic acids is 2. The number of rotatable bonds is 6. The number of thiazole rings is 1. The fraction of sp³-hybridized carbons (Fsp3) is 0.273. The number of carbonyl (C=O) groups is 2. The van der Waals surface area contributed by atoms with Crippen LogP contribution in [-0.2, 0) is 4.79 Å². The number of pyridine rings is 1. The zero-order chi connectivity index (χ0) is 21.8. The van der Waals surface area contributed by atoms with Crippen LogP contribution in [0.5, 0.6) is 5.75 Å². The van der Waals surface area contributed by atoms with Crippen LogP contribution in [0.15, 0.2) is 48.0 Å². The second-order valence-electron chi connectivity index (χ2n) is 7.31. The first-order valence-electron chi connectivity index (χ1n) is 9.95. The van der Waals surface area contributed by atoms with Crippen molar-refractivity contribution < 1.29 is 14.3 Å². The number of nitrogens with one attached hydrogen (secondary N) is 1. The number of amides is 2. The molecule has 1 saturated heterocycles. The Balaban J connectivity index is 1.40. The van der Waals surface area contributed by atoms with Gasteiger partial charge in [-0.25, -0.2) is 9.97 Å². The average Bonchev–Trinajstić information content (AvgIpc) is 3.30. The van der Waals surface area contributed by atoms with Gasteiger partial charge in [-0.3, -0.25) is 9.59 Å². The van der Waals surface area contributed by atoms with Crippen molar-refractivity contribution in [1.29, 1.82) is 0 Å². The van der Waals surface area contributed by atoms with Crippen molar-refractivity contribution in [3.8, 4) is 16.3 Å². The van der Waals surface area contributed by atoms with Gasteiger partial charge in [-0.1, -0.05) is 0 Å². The Morgan fingerprint density at radius 3 is 2.71 bits per heavy atom. The summed E-state index contributed by atoms with van der Waals surface area (Å²) >= 11 is 1.41. The second-order valence-corrected chi connectivity index (χ2v) is 8.17. The van der Waals surface area contributed by atoms with Crippen molar-refractivity contribution in [1.82, 2.24) is 9.97 Å². The molecule has 0 saturated carbocycles. The molecule has 0 bridgehead atoms. The number of benzene rings is 1. The Bertz CT molecular complexity index is 1070. The number of piperidine rings is 1. The molecule has 1 aliphatic heterocycles. The van der Waals surface area contributed by atoms with Crippen molar-refractivity contribution >= 4 is 34.7 Å². The van der Waals surface area contributed by atoms with Gasteiger partial charge < -0.3 is 20.7 Å². The van der Waals surface area contributed by atoms with Crippen LogP contribution < -0.4 is 20.7 Å². The number of primary amides is 1. The lowest BCUT2D eigenvalue weighted by molar-refractivity contribution is -0.122. The predicted octanol–water partition coefficient (Wildman–Crippen LogP) is 3.17. The minimum Gasteiger partial charge on any atom is -0.497 e. The summed E-state index contributed by atoms with van der Waals surface area (Å²) in [4.78, 5) is 35.0. The Kier molecular flexibility index (Phi) is 6.13. The van der Waals surface area contributed by atoms with E-state index in [4.69, 9.17) is 10.5 Å². The van der Waals surface area contributed by atoms with Crippen LogP contribution in [0.3, 0.4) is 0 Å². The van der Waals surface area contributed by atoms with E-state index in [1.807, 2.05) is 35.2 Å². The summed E-state index contributed by atoms with van der Waals surface area (Å²) in [6, 6.07) is 11.2. The highest BCUT2D eigenvalue weighted by molar-refractivity contribution is 7.13. The molecule has 2 aromatic heterocycles. The van der Waals surface area contributed by atoms with Gasteiger partial charge in [0.2, 0.25) is 5.91 Å². The molecule has 0 aliphatic carbocycles. The molecule has 1 aromatic carbocycles.